The number of amides is 1. The Morgan fingerprint density at radius 1 is 1.76 bits per heavy atom. The van der Waals surface area contributed by atoms with Crippen molar-refractivity contribution in [1.82, 2.24) is 15.2 Å². The summed E-state index contributed by atoms with van der Waals surface area (Å²) in [6, 6.07) is 0.464. The van der Waals surface area contributed by atoms with Gasteiger partial charge in [-0.2, -0.15) is 0 Å². The Balaban J connectivity index is 1.77. The SMILES string of the molecule is CN(CC(=O)Nc1nccs1)C1CCCNC1. The van der Waals surface area contributed by atoms with Crippen LogP contribution in [0.25, 0.3) is 0 Å². The summed E-state index contributed by atoms with van der Waals surface area (Å²) >= 11 is 1.44. The molecule has 0 spiro atoms. The molecule has 1 aromatic rings. The van der Waals surface area contributed by atoms with Crippen LogP contribution in [-0.4, -0.2) is 48.5 Å². The van der Waals surface area contributed by atoms with E-state index in [1.807, 2.05) is 12.4 Å². The zero-order chi connectivity index (χ0) is 12.1. The minimum absolute atomic E-state index is 0.00743. The molecule has 2 heterocycles. The van der Waals surface area contributed by atoms with Crippen LogP contribution in [0.4, 0.5) is 5.13 Å². The minimum atomic E-state index is 0.00743. The van der Waals surface area contributed by atoms with E-state index in [0.717, 1.165) is 19.5 Å². The molecule has 94 valence electrons. The van der Waals surface area contributed by atoms with E-state index < -0.39 is 0 Å². The number of anilines is 1. The smallest absolute Gasteiger partial charge is 0.240 e. The molecular weight excluding hydrogens is 236 g/mol. The van der Waals surface area contributed by atoms with Gasteiger partial charge in [0.2, 0.25) is 5.91 Å². The Morgan fingerprint density at radius 2 is 2.65 bits per heavy atom. The Kier molecular flexibility index (Phi) is 4.47. The number of nitrogens with one attached hydrogen (secondary N) is 2. The molecular formula is C11H18N4OS. The van der Waals surface area contributed by atoms with Gasteiger partial charge in [-0.3, -0.25) is 9.69 Å². The number of hydrogen-bond donors (Lipinski definition) is 2. The van der Waals surface area contributed by atoms with Gasteiger partial charge in [0.1, 0.15) is 0 Å². The quantitative estimate of drug-likeness (QED) is 0.833. The molecule has 0 saturated carbocycles. The van der Waals surface area contributed by atoms with Crippen LogP contribution in [0.1, 0.15) is 12.8 Å². The molecule has 1 atom stereocenters. The van der Waals surface area contributed by atoms with Crippen LogP contribution < -0.4 is 10.6 Å². The minimum Gasteiger partial charge on any atom is -0.315 e. The third-order valence-electron chi connectivity index (χ3n) is 2.97. The summed E-state index contributed by atoms with van der Waals surface area (Å²) in [5, 5.41) is 8.67. The van der Waals surface area contributed by atoms with Gasteiger partial charge < -0.3 is 10.6 Å². The monoisotopic (exact) mass is 254 g/mol. The normalized spacial score (nSPS) is 20.5. The molecule has 0 radical (unpaired) electrons. The van der Waals surface area contributed by atoms with Crippen LogP contribution in [0.3, 0.4) is 0 Å². The molecule has 2 N–H and O–H groups in total. The standard InChI is InChI=1S/C11H18N4OS/c1-15(9-3-2-4-12-7-9)8-10(16)14-11-13-5-6-17-11/h5-6,9,12H,2-4,7-8H2,1H3,(H,13,14,16). The molecule has 1 fully saturated rings. The molecule has 1 aliphatic heterocycles. The Morgan fingerprint density at radius 3 is 3.29 bits per heavy atom. The van der Waals surface area contributed by atoms with Crippen molar-refractivity contribution < 1.29 is 4.79 Å². The lowest BCUT2D eigenvalue weighted by atomic mass is 10.1. The lowest BCUT2D eigenvalue weighted by Gasteiger charge is -2.30. The Labute approximate surface area is 105 Å². The Bertz CT molecular complexity index is 348. The highest BCUT2D eigenvalue weighted by atomic mass is 32.1. The first-order valence-corrected chi connectivity index (χ1v) is 6.74. The van der Waals surface area contributed by atoms with Crippen LogP contribution in [0.5, 0.6) is 0 Å². The molecule has 1 aliphatic rings. The molecule has 1 unspecified atom stereocenters. The number of nitrogens with zero attached hydrogens (tertiary/aromatic N) is 2. The molecule has 0 aromatic carbocycles. The largest absolute Gasteiger partial charge is 0.315 e. The number of aromatic nitrogens is 1. The van der Waals surface area contributed by atoms with Gasteiger partial charge in [-0.1, -0.05) is 0 Å². The first kappa shape index (κ1) is 12.5. The fourth-order valence-electron chi connectivity index (χ4n) is 2.01. The van der Waals surface area contributed by atoms with Crippen molar-refractivity contribution in [3.8, 4) is 0 Å². The van der Waals surface area contributed by atoms with E-state index in [4.69, 9.17) is 0 Å². The topological polar surface area (TPSA) is 57.3 Å². The van der Waals surface area contributed by atoms with Crippen molar-refractivity contribution in [2.75, 3.05) is 32.0 Å². The number of hydrogen-bond acceptors (Lipinski definition) is 5. The molecule has 17 heavy (non-hydrogen) atoms. The van der Waals surface area contributed by atoms with E-state index in [9.17, 15) is 4.79 Å². The zero-order valence-electron chi connectivity index (χ0n) is 9.98. The van der Waals surface area contributed by atoms with Crippen LogP contribution in [0.15, 0.2) is 11.6 Å². The van der Waals surface area contributed by atoms with Crippen molar-refractivity contribution in [2.45, 2.75) is 18.9 Å². The van der Waals surface area contributed by atoms with Crippen LogP contribution in [0, 0.1) is 0 Å². The number of carbonyl (C=O) groups is 1. The van der Waals surface area contributed by atoms with E-state index in [1.165, 1.54) is 17.8 Å². The summed E-state index contributed by atoms with van der Waals surface area (Å²) in [5.74, 6) is 0.00743. The van der Waals surface area contributed by atoms with Gasteiger partial charge in [0.05, 0.1) is 6.54 Å². The average Bonchev–Trinajstić information content (AvgIpc) is 2.82. The average molecular weight is 254 g/mol. The summed E-state index contributed by atoms with van der Waals surface area (Å²) in [5.41, 5.74) is 0. The zero-order valence-corrected chi connectivity index (χ0v) is 10.8. The molecule has 1 aromatic heterocycles. The fourth-order valence-corrected chi connectivity index (χ4v) is 2.55. The second-order valence-electron chi connectivity index (χ2n) is 4.30. The summed E-state index contributed by atoms with van der Waals surface area (Å²) in [6.45, 7) is 2.49. The molecule has 6 heteroatoms. The third-order valence-corrected chi connectivity index (χ3v) is 3.65. The van der Waals surface area contributed by atoms with Gasteiger partial charge in [-0.05, 0) is 26.4 Å². The lowest BCUT2D eigenvalue weighted by Crippen LogP contribution is -2.46. The maximum Gasteiger partial charge on any atom is 0.240 e. The van der Waals surface area contributed by atoms with Gasteiger partial charge >= 0.3 is 0 Å². The molecule has 0 bridgehead atoms. The first-order chi connectivity index (χ1) is 8.25. The number of thiazole rings is 1. The van der Waals surface area contributed by atoms with Crippen LogP contribution >= 0.6 is 11.3 Å². The highest BCUT2D eigenvalue weighted by molar-refractivity contribution is 7.13. The predicted molar refractivity (Wildman–Crippen MR) is 69.3 cm³/mol. The van der Waals surface area contributed by atoms with E-state index in [0.29, 0.717) is 17.7 Å². The molecule has 5 nitrogen and oxygen atoms in total. The molecule has 1 saturated heterocycles. The van der Waals surface area contributed by atoms with Crippen LogP contribution in [0.2, 0.25) is 0 Å². The maximum atomic E-state index is 11.8. The van der Waals surface area contributed by atoms with Crippen molar-refractivity contribution in [3.05, 3.63) is 11.6 Å². The highest BCUT2D eigenvalue weighted by Crippen LogP contribution is 2.11. The van der Waals surface area contributed by atoms with E-state index in [1.54, 1.807) is 6.20 Å². The number of rotatable bonds is 4. The molecule has 1 amide bonds. The van der Waals surface area contributed by atoms with Gasteiger partial charge in [-0.15, -0.1) is 11.3 Å². The van der Waals surface area contributed by atoms with Gasteiger partial charge in [-0.25, -0.2) is 4.98 Å². The number of likely N-dealkylation sites (N-methyl/N-ethyl adjacent to an activating group) is 1. The second-order valence-corrected chi connectivity index (χ2v) is 5.20. The number of piperidine rings is 1. The van der Waals surface area contributed by atoms with Crippen molar-refractivity contribution in [3.63, 3.8) is 0 Å². The van der Waals surface area contributed by atoms with Crippen molar-refractivity contribution >= 4 is 22.4 Å². The summed E-state index contributed by atoms with van der Waals surface area (Å²) in [4.78, 5) is 17.9. The summed E-state index contributed by atoms with van der Waals surface area (Å²) in [6.07, 6.45) is 4.03. The van der Waals surface area contributed by atoms with E-state index in [2.05, 4.69) is 20.5 Å². The van der Waals surface area contributed by atoms with Crippen LogP contribution in [-0.2, 0) is 4.79 Å². The van der Waals surface area contributed by atoms with E-state index >= 15 is 0 Å². The fraction of sp³-hybridized carbons (Fsp3) is 0.636. The highest BCUT2D eigenvalue weighted by Gasteiger charge is 2.19. The summed E-state index contributed by atoms with van der Waals surface area (Å²) in [7, 11) is 2.00. The summed E-state index contributed by atoms with van der Waals surface area (Å²) < 4.78 is 0. The van der Waals surface area contributed by atoms with Gasteiger partial charge in [0, 0.05) is 24.2 Å². The first-order valence-electron chi connectivity index (χ1n) is 5.86. The molecule has 0 aliphatic carbocycles. The van der Waals surface area contributed by atoms with Gasteiger partial charge in [0.25, 0.3) is 0 Å². The van der Waals surface area contributed by atoms with Crippen molar-refractivity contribution in [1.29, 1.82) is 0 Å². The third kappa shape index (κ3) is 3.76. The van der Waals surface area contributed by atoms with Gasteiger partial charge in [0.15, 0.2) is 5.13 Å². The lowest BCUT2D eigenvalue weighted by molar-refractivity contribution is -0.117. The maximum absolute atomic E-state index is 11.8. The second kappa shape index (κ2) is 6.09. The predicted octanol–water partition coefficient (Wildman–Crippen LogP) is 0.765. The van der Waals surface area contributed by atoms with E-state index in [-0.39, 0.29) is 5.91 Å². The Hall–Kier alpha value is -0.980. The molecule has 2 rings (SSSR count). The van der Waals surface area contributed by atoms with Crippen molar-refractivity contribution in [2.24, 2.45) is 0 Å². The number of carbonyl (C=O) groups excluding carboxylic acids is 1.